The zero-order chi connectivity index (χ0) is 18.6. The molecular formula is C21H26Cl2N4O2. The molecule has 0 aliphatic carbocycles. The highest BCUT2D eigenvalue weighted by Crippen LogP contribution is 2.32. The third kappa shape index (κ3) is 6.16. The zero-order valence-electron chi connectivity index (χ0n) is 16.0. The van der Waals surface area contributed by atoms with Crippen molar-refractivity contribution < 1.29 is 9.59 Å². The van der Waals surface area contributed by atoms with E-state index in [0.29, 0.717) is 41.5 Å². The summed E-state index contributed by atoms with van der Waals surface area (Å²) in [5.74, 6) is 0.738. The molecule has 156 valence electrons. The Bertz CT molecular complexity index is 805. The highest BCUT2D eigenvalue weighted by molar-refractivity contribution is 6.03. The van der Waals surface area contributed by atoms with Crippen molar-refractivity contribution in [2.24, 2.45) is 5.92 Å². The fourth-order valence-electron chi connectivity index (χ4n) is 4.14. The molecule has 6 nitrogen and oxygen atoms in total. The number of aromatic nitrogens is 1. The van der Waals surface area contributed by atoms with Gasteiger partial charge in [-0.3, -0.25) is 9.59 Å². The fourth-order valence-corrected chi connectivity index (χ4v) is 4.14. The molecule has 0 saturated carbocycles. The number of nitrogens with zero attached hydrogens (tertiary/aromatic N) is 1. The van der Waals surface area contributed by atoms with Gasteiger partial charge in [0.15, 0.2) is 0 Å². The van der Waals surface area contributed by atoms with Gasteiger partial charge in [0, 0.05) is 24.1 Å². The fraction of sp³-hybridized carbons (Fsp3) is 0.381. The van der Waals surface area contributed by atoms with Crippen molar-refractivity contribution in [1.29, 1.82) is 0 Å². The van der Waals surface area contributed by atoms with Crippen LogP contribution in [0.2, 0.25) is 0 Å². The SMILES string of the molecule is Cl.Cl.O=C(CC1CC2CCC(C1)N2)Nc1ccc(NC(=O)c2ccccc2)nc1. The summed E-state index contributed by atoms with van der Waals surface area (Å²) >= 11 is 0. The average Bonchev–Trinajstić information content (AvgIpc) is 3.02. The van der Waals surface area contributed by atoms with E-state index in [1.165, 1.54) is 12.8 Å². The van der Waals surface area contributed by atoms with E-state index < -0.39 is 0 Å². The van der Waals surface area contributed by atoms with E-state index in [4.69, 9.17) is 0 Å². The lowest BCUT2D eigenvalue weighted by molar-refractivity contribution is -0.117. The first-order valence-corrected chi connectivity index (χ1v) is 9.54. The Morgan fingerprint density at radius 1 is 0.966 bits per heavy atom. The lowest BCUT2D eigenvalue weighted by Crippen LogP contribution is -2.39. The number of hydrogen-bond acceptors (Lipinski definition) is 4. The molecule has 2 saturated heterocycles. The molecule has 1 aromatic heterocycles. The van der Waals surface area contributed by atoms with Crippen molar-refractivity contribution in [3.8, 4) is 0 Å². The van der Waals surface area contributed by atoms with E-state index in [-0.39, 0.29) is 36.6 Å². The molecule has 2 amide bonds. The molecule has 8 heteroatoms. The number of anilines is 2. The second-order valence-corrected chi connectivity index (χ2v) is 7.48. The summed E-state index contributed by atoms with van der Waals surface area (Å²) in [4.78, 5) is 28.7. The number of halogens is 2. The Labute approximate surface area is 183 Å². The van der Waals surface area contributed by atoms with Crippen LogP contribution in [-0.2, 0) is 4.79 Å². The van der Waals surface area contributed by atoms with Gasteiger partial charge < -0.3 is 16.0 Å². The maximum Gasteiger partial charge on any atom is 0.256 e. The van der Waals surface area contributed by atoms with Gasteiger partial charge in [0.05, 0.1) is 11.9 Å². The summed E-state index contributed by atoms with van der Waals surface area (Å²) < 4.78 is 0. The molecule has 0 radical (unpaired) electrons. The third-order valence-corrected chi connectivity index (χ3v) is 5.37. The largest absolute Gasteiger partial charge is 0.325 e. The summed E-state index contributed by atoms with van der Waals surface area (Å²) in [6.45, 7) is 0. The Morgan fingerprint density at radius 3 is 2.28 bits per heavy atom. The lowest BCUT2D eigenvalue weighted by Gasteiger charge is -2.28. The summed E-state index contributed by atoms with van der Waals surface area (Å²) in [6.07, 6.45) is 6.79. The van der Waals surface area contributed by atoms with E-state index in [1.807, 2.05) is 18.2 Å². The first-order chi connectivity index (χ1) is 13.2. The molecule has 2 aliphatic rings. The number of benzene rings is 1. The van der Waals surface area contributed by atoms with Crippen LogP contribution < -0.4 is 16.0 Å². The molecule has 2 bridgehead atoms. The van der Waals surface area contributed by atoms with Crippen LogP contribution in [0.3, 0.4) is 0 Å². The molecule has 4 rings (SSSR count). The van der Waals surface area contributed by atoms with Gasteiger partial charge >= 0.3 is 0 Å². The summed E-state index contributed by atoms with van der Waals surface area (Å²) in [7, 11) is 0. The summed E-state index contributed by atoms with van der Waals surface area (Å²) in [5, 5.41) is 9.27. The summed E-state index contributed by atoms with van der Waals surface area (Å²) in [6, 6.07) is 13.6. The number of carbonyl (C=O) groups is 2. The van der Waals surface area contributed by atoms with Crippen LogP contribution in [0, 0.1) is 5.92 Å². The minimum absolute atomic E-state index is 0. The van der Waals surface area contributed by atoms with Crippen molar-refractivity contribution >= 4 is 48.1 Å². The van der Waals surface area contributed by atoms with Crippen LogP contribution >= 0.6 is 24.8 Å². The number of amides is 2. The smallest absolute Gasteiger partial charge is 0.256 e. The number of carbonyl (C=O) groups excluding carboxylic acids is 2. The zero-order valence-corrected chi connectivity index (χ0v) is 17.6. The molecule has 29 heavy (non-hydrogen) atoms. The quantitative estimate of drug-likeness (QED) is 0.660. The first-order valence-electron chi connectivity index (χ1n) is 9.54. The molecule has 2 fully saturated rings. The van der Waals surface area contributed by atoms with Gasteiger partial charge in [-0.25, -0.2) is 4.98 Å². The molecule has 2 aliphatic heterocycles. The van der Waals surface area contributed by atoms with Crippen molar-refractivity contribution in [2.75, 3.05) is 10.6 Å². The van der Waals surface area contributed by atoms with Gasteiger partial charge in [0.1, 0.15) is 5.82 Å². The van der Waals surface area contributed by atoms with Gasteiger partial charge in [-0.1, -0.05) is 18.2 Å². The molecule has 2 aromatic rings. The van der Waals surface area contributed by atoms with E-state index >= 15 is 0 Å². The van der Waals surface area contributed by atoms with Crippen LogP contribution in [0.25, 0.3) is 0 Å². The second-order valence-electron chi connectivity index (χ2n) is 7.48. The average molecular weight is 437 g/mol. The Hall–Kier alpha value is -2.15. The summed E-state index contributed by atoms with van der Waals surface area (Å²) in [5.41, 5.74) is 1.22. The minimum atomic E-state index is -0.208. The number of hydrogen-bond donors (Lipinski definition) is 3. The maximum absolute atomic E-state index is 12.3. The van der Waals surface area contributed by atoms with Gasteiger partial charge in [-0.2, -0.15) is 0 Å². The Kier molecular flexibility index (Phi) is 8.44. The van der Waals surface area contributed by atoms with Gasteiger partial charge in [-0.15, -0.1) is 24.8 Å². The molecular weight excluding hydrogens is 411 g/mol. The van der Waals surface area contributed by atoms with E-state index in [0.717, 1.165) is 12.8 Å². The molecule has 2 unspecified atom stereocenters. The molecule has 0 spiro atoms. The maximum atomic E-state index is 12.3. The Morgan fingerprint density at radius 2 is 1.66 bits per heavy atom. The van der Waals surface area contributed by atoms with Crippen LogP contribution in [0.1, 0.15) is 42.5 Å². The lowest BCUT2D eigenvalue weighted by atomic mass is 9.89. The van der Waals surface area contributed by atoms with E-state index in [9.17, 15) is 9.59 Å². The van der Waals surface area contributed by atoms with Crippen molar-refractivity contribution in [1.82, 2.24) is 10.3 Å². The van der Waals surface area contributed by atoms with Crippen molar-refractivity contribution in [3.05, 3.63) is 54.2 Å². The van der Waals surface area contributed by atoms with Crippen molar-refractivity contribution in [3.63, 3.8) is 0 Å². The minimum Gasteiger partial charge on any atom is -0.325 e. The number of nitrogens with one attached hydrogen (secondary N) is 3. The van der Waals surface area contributed by atoms with Gasteiger partial charge in [0.25, 0.3) is 5.91 Å². The topological polar surface area (TPSA) is 83.1 Å². The van der Waals surface area contributed by atoms with Crippen molar-refractivity contribution in [2.45, 2.75) is 44.2 Å². The van der Waals surface area contributed by atoms with Crippen LogP contribution in [-0.4, -0.2) is 28.9 Å². The molecule has 3 N–H and O–H groups in total. The highest BCUT2D eigenvalue weighted by Gasteiger charge is 2.34. The number of pyridine rings is 1. The standard InChI is InChI=1S/C21H24N4O2.2ClH/c26-20(12-14-10-16-6-7-17(11-14)23-16)24-18-8-9-19(22-13-18)25-21(27)15-4-2-1-3-5-15;;/h1-5,8-9,13-14,16-17,23H,6-7,10-12H2,(H,24,26)(H,22,25,27);2*1H. The molecule has 1 aromatic carbocycles. The monoisotopic (exact) mass is 436 g/mol. The number of piperidine rings is 1. The van der Waals surface area contributed by atoms with Gasteiger partial charge in [-0.05, 0) is 55.9 Å². The highest BCUT2D eigenvalue weighted by atomic mass is 35.5. The van der Waals surface area contributed by atoms with E-state index in [2.05, 4.69) is 20.9 Å². The van der Waals surface area contributed by atoms with Crippen LogP contribution in [0.5, 0.6) is 0 Å². The molecule has 3 heterocycles. The van der Waals surface area contributed by atoms with Crippen LogP contribution in [0.15, 0.2) is 48.7 Å². The molecule has 2 atom stereocenters. The van der Waals surface area contributed by atoms with Gasteiger partial charge in [0.2, 0.25) is 5.91 Å². The third-order valence-electron chi connectivity index (χ3n) is 5.37. The normalized spacial score (nSPS) is 22.0. The predicted molar refractivity (Wildman–Crippen MR) is 119 cm³/mol. The number of fused-ring (bicyclic) bond motifs is 2. The van der Waals surface area contributed by atoms with Crippen LogP contribution in [0.4, 0.5) is 11.5 Å². The second kappa shape index (κ2) is 10.6. The van der Waals surface area contributed by atoms with E-state index in [1.54, 1.807) is 30.5 Å². The predicted octanol–water partition coefficient (Wildman–Crippen LogP) is 4.04. The number of rotatable bonds is 5. The Balaban J connectivity index is 0.00000150. The first kappa shape index (κ1) is 23.1.